The number of aromatic nitrogens is 2. The van der Waals surface area contributed by atoms with E-state index in [1.54, 1.807) is 36.1 Å². The standard InChI is InChI=1S/C25H29N3O4/c1-4-27-24(30)20-7-5-6-8-21(20)28(25(27)31)16-23(29)26-13-11-19(12-14-26)32-22-15-17(2)9-10-18(22)3/h5-10,15,19H,4,11-14,16H2,1-3H3. The Bertz CT molecular complexity index is 1270. The van der Waals surface area contributed by atoms with Gasteiger partial charge in [-0.2, -0.15) is 0 Å². The molecule has 0 bridgehead atoms. The average Bonchev–Trinajstić information content (AvgIpc) is 2.80. The molecule has 0 radical (unpaired) electrons. The van der Waals surface area contributed by atoms with Crippen molar-refractivity contribution in [2.75, 3.05) is 13.1 Å². The molecule has 0 spiro atoms. The van der Waals surface area contributed by atoms with Crippen LogP contribution in [0.5, 0.6) is 5.75 Å². The van der Waals surface area contributed by atoms with Crippen molar-refractivity contribution in [3.8, 4) is 5.75 Å². The fourth-order valence-corrected chi connectivity index (χ4v) is 4.27. The van der Waals surface area contributed by atoms with E-state index in [2.05, 4.69) is 12.1 Å². The number of amides is 1. The molecule has 1 amide bonds. The molecule has 3 aromatic rings. The number of para-hydroxylation sites is 1. The SMILES string of the molecule is CCn1c(=O)c2ccccc2n(CC(=O)N2CCC(Oc3cc(C)ccc3C)CC2)c1=O. The summed E-state index contributed by atoms with van der Waals surface area (Å²) in [6, 6.07) is 13.1. The third-order valence-corrected chi connectivity index (χ3v) is 6.17. The van der Waals surface area contributed by atoms with Crippen molar-refractivity contribution in [2.45, 2.75) is 52.8 Å². The maximum Gasteiger partial charge on any atom is 0.331 e. The summed E-state index contributed by atoms with van der Waals surface area (Å²) in [6.07, 6.45) is 1.54. The van der Waals surface area contributed by atoms with Gasteiger partial charge < -0.3 is 9.64 Å². The van der Waals surface area contributed by atoms with Crippen LogP contribution in [0.1, 0.15) is 30.9 Å². The molecule has 0 unspecified atom stereocenters. The smallest absolute Gasteiger partial charge is 0.331 e. The number of piperidine rings is 1. The highest BCUT2D eigenvalue weighted by Gasteiger charge is 2.25. The lowest BCUT2D eigenvalue weighted by Gasteiger charge is -2.32. The Labute approximate surface area is 186 Å². The van der Waals surface area contributed by atoms with Gasteiger partial charge in [0.2, 0.25) is 5.91 Å². The number of nitrogens with zero attached hydrogens (tertiary/aromatic N) is 3. The second kappa shape index (κ2) is 9.02. The zero-order valence-corrected chi connectivity index (χ0v) is 18.8. The summed E-state index contributed by atoms with van der Waals surface area (Å²) in [7, 11) is 0. The second-order valence-electron chi connectivity index (χ2n) is 8.40. The summed E-state index contributed by atoms with van der Waals surface area (Å²) < 4.78 is 8.80. The van der Waals surface area contributed by atoms with E-state index < -0.39 is 5.69 Å². The van der Waals surface area contributed by atoms with E-state index in [1.165, 1.54) is 9.13 Å². The molecular weight excluding hydrogens is 406 g/mol. The van der Waals surface area contributed by atoms with Gasteiger partial charge in [0.15, 0.2) is 0 Å². The van der Waals surface area contributed by atoms with E-state index in [0.717, 1.165) is 29.7 Å². The molecule has 1 saturated heterocycles. The molecule has 1 aliphatic rings. The lowest BCUT2D eigenvalue weighted by atomic mass is 10.1. The lowest BCUT2D eigenvalue weighted by Crippen LogP contribution is -2.46. The normalized spacial score (nSPS) is 14.7. The average molecular weight is 436 g/mol. The lowest BCUT2D eigenvalue weighted by molar-refractivity contribution is -0.133. The van der Waals surface area contributed by atoms with Crippen LogP contribution in [0.3, 0.4) is 0 Å². The van der Waals surface area contributed by atoms with Gasteiger partial charge in [-0.25, -0.2) is 4.79 Å². The molecular formula is C25H29N3O4. The van der Waals surface area contributed by atoms with Crippen LogP contribution >= 0.6 is 0 Å². The van der Waals surface area contributed by atoms with Gasteiger partial charge >= 0.3 is 5.69 Å². The van der Waals surface area contributed by atoms with Gasteiger partial charge in [-0.3, -0.25) is 18.7 Å². The second-order valence-corrected chi connectivity index (χ2v) is 8.40. The number of aryl methyl sites for hydroxylation is 2. The Morgan fingerprint density at radius 3 is 2.47 bits per heavy atom. The number of rotatable bonds is 5. The predicted molar refractivity (Wildman–Crippen MR) is 124 cm³/mol. The summed E-state index contributed by atoms with van der Waals surface area (Å²) in [5.41, 5.74) is 1.99. The molecule has 0 saturated carbocycles. The molecule has 0 atom stereocenters. The highest BCUT2D eigenvalue weighted by atomic mass is 16.5. The van der Waals surface area contributed by atoms with Crippen molar-refractivity contribution in [1.82, 2.24) is 14.0 Å². The van der Waals surface area contributed by atoms with Crippen LogP contribution in [-0.4, -0.2) is 39.1 Å². The van der Waals surface area contributed by atoms with Crippen molar-refractivity contribution in [2.24, 2.45) is 0 Å². The molecule has 1 aliphatic heterocycles. The summed E-state index contributed by atoms with van der Waals surface area (Å²) in [4.78, 5) is 40.3. The van der Waals surface area contributed by atoms with E-state index in [4.69, 9.17) is 4.74 Å². The van der Waals surface area contributed by atoms with E-state index >= 15 is 0 Å². The van der Waals surface area contributed by atoms with Crippen LogP contribution < -0.4 is 16.0 Å². The molecule has 0 N–H and O–H groups in total. The van der Waals surface area contributed by atoms with Crippen LogP contribution in [0.15, 0.2) is 52.1 Å². The van der Waals surface area contributed by atoms with Gasteiger partial charge in [0.25, 0.3) is 5.56 Å². The number of hydrogen-bond acceptors (Lipinski definition) is 4. The Hall–Kier alpha value is -3.35. The number of ether oxygens (including phenoxy) is 1. The molecule has 2 aromatic carbocycles. The largest absolute Gasteiger partial charge is 0.490 e. The third kappa shape index (κ3) is 4.20. The van der Waals surface area contributed by atoms with Gasteiger partial charge in [-0.05, 0) is 50.1 Å². The van der Waals surface area contributed by atoms with Crippen molar-refractivity contribution in [3.63, 3.8) is 0 Å². The van der Waals surface area contributed by atoms with Crippen LogP contribution in [0.2, 0.25) is 0 Å². The number of carbonyl (C=O) groups excluding carboxylic acids is 1. The minimum Gasteiger partial charge on any atom is -0.490 e. The van der Waals surface area contributed by atoms with E-state index in [9.17, 15) is 14.4 Å². The Morgan fingerprint density at radius 1 is 1.03 bits per heavy atom. The molecule has 168 valence electrons. The summed E-state index contributed by atoms with van der Waals surface area (Å²) in [5.74, 6) is 0.776. The summed E-state index contributed by atoms with van der Waals surface area (Å²) >= 11 is 0. The molecule has 2 heterocycles. The van der Waals surface area contributed by atoms with Crippen LogP contribution in [0.4, 0.5) is 0 Å². The maximum atomic E-state index is 13.0. The zero-order chi connectivity index (χ0) is 22.8. The number of benzene rings is 2. The molecule has 7 heteroatoms. The van der Waals surface area contributed by atoms with Gasteiger partial charge in [0, 0.05) is 32.5 Å². The fraction of sp³-hybridized carbons (Fsp3) is 0.400. The summed E-state index contributed by atoms with van der Waals surface area (Å²) in [6.45, 7) is 7.17. The van der Waals surface area contributed by atoms with Gasteiger partial charge in [-0.1, -0.05) is 24.3 Å². The maximum absolute atomic E-state index is 13.0. The first-order chi connectivity index (χ1) is 15.4. The first-order valence-corrected chi connectivity index (χ1v) is 11.1. The quantitative estimate of drug-likeness (QED) is 0.618. The number of likely N-dealkylation sites (tertiary alicyclic amines) is 1. The molecule has 4 rings (SSSR count). The van der Waals surface area contributed by atoms with Gasteiger partial charge in [-0.15, -0.1) is 0 Å². The van der Waals surface area contributed by atoms with E-state index in [-0.39, 0.29) is 30.7 Å². The van der Waals surface area contributed by atoms with Crippen LogP contribution in [0, 0.1) is 13.8 Å². The Kier molecular flexibility index (Phi) is 6.17. The Morgan fingerprint density at radius 2 is 1.75 bits per heavy atom. The first-order valence-electron chi connectivity index (χ1n) is 11.1. The number of hydrogen-bond donors (Lipinski definition) is 0. The fourth-order valence-electron chi connectivity index (χ4n) is 4.27. The van der Waals surface area contributed by atoms with Gasteiger partial charge in [0.1, 0.15) is 18.4 Å². The molecule has 0 aliphatic carbocycles. The molecule has 1 fully saturated rings. The number of fused-ring (bicyclic) bond motifs is 1. The van der Waals surface area contributed by atoms with Crippen LogP contribution in [0.25, 0.3) is 10.9 Å². The number of carbonyl (C=O) groups is 1. The molecule has 7 nitrogen and oxygen atoms in total. The van der Waals surface area contributed by atoms with Gasteiger partial charge in [0.05, 0.1) is 10.9 Å². The van der Waals surface area contributed by atoms with E-state index in [0.29, 0.717) is 24.0 Å². The van der Waals surface area contributed by atoms with Crippen molar-refractivity contribution >= 4 is 16.8 Å². The van der Waals surface area contributed by atoms with Crippen molar-refractivity contribution < 1.29 is 9.53 Å². The third-order valence-electron chi connectivity index (χ3n) is 6.17. The summed E-state index contributed by atoms with van der Waals surface area (Å²) in [5, 5.41) is 0.447. The highest BCUT2D eigenvalue weighted by Crippen LogP contribution is 2.24. The Balaban J connectivity index is 1.48. The zero-order valence-electron chi connectivity index (χ0n) is 18.8. The van der Waals surface area contributed by atoms with Crippen molar-refractivity contribution in [1.29, 1.82) is 0 Å². The molecule has 32 heavy (non-hydrogen) atoms. The molecule has 1 aromatic heterocycles. The highest BCUT2D eigenvalue weighted by molar-refractivity contribution is 5.81. The van der Waals surface area contributed by atoms with Crippen LogP contribution in [-0.2, 0) is 17.9 Å². The predicted octanol–water partition coefficient (Wildman–Crippen LogP) is 2.87. The minimum absolute atomic E-state index is 0.0603. The topological polar surface area (TPSA) is 73.5 Å². The van der Waals surface area contributed by atoms with E-state index in [1.807, 2.05) is 19.9 Å². The first kappa shape index (κ1) is 21.9. The monoisotopic (exact) mass is 435 g/mol. The minimum atomic E-state index is -0.447. The van der Waals surface area contributed by atoms with Crippen molar-refractivity contribution in [3.05, 3.63) is 74.4 Å².